The molecule has 1 aliphatic heterocycles. The smallest absolute Gasteiger partial charge is 0.319 e. The number of nitrogens with zero attached hydrogens (tertiary/aromatic N) is 2. The number of urea groups is 1. The molecule has 1 aliphatic rings. The van der Waals surface area contributed by atoms with Crippen molar-refractivity contribution in [1.29, 1.82) is 0 Å². The topological polar surface area (TPSA) is 58.5 Å². The van der Waals surface area contributed by atoms with Gasteiger partial charge in [-0.1, -0.05) is 13.0 Å². The molecule has 0 saturated heterocycles. The Labute approximate surface area is 181 Å². The van der Waals surface area contributed by atoms with E-state index in [1.807, 2.05) is 47.7 Å². The van der Waals surface area contributed by atoms with Crippen molar-refractivity contribution in [3.63, 3.8) is 0 Å². The number of methoxy groups -OCH3 is 1. The Morgan fingerprint density at radius 2 is 2.07 bits per heavy atom. The van der Waals surface area contributed by atoms with Gasteiger partial charge in [-0.15, -0.1) is 11.3 Å². The highest BCUT2D eigenvalue weighted by Gasteiger charge is 2.28. The summed E-state index contributed by atoms with van der Waals surface area (Å²) in [6, 6.07) is 11.2. The number of hydrogen-bond acceptors (Lipinski definition) is 4. The number of rotatable bonds is 6. The highest BCUT2D eigenvalue weighted by atomic mass is 32.1. The van der Waals surface area contributed by atoms with Crippen LogP contribution in [0.25, 0.3) is 5.00 Å². The zero-order chi connectivity index (χ0) is 21.1. The molecule has 2 N–H and O–H groups in total. The van der Waals surface area contributed by atoms with E-state index in [1.54, 1.807) is 7.11 Å². The van der Waals surface area contributed by atoms with E-state index in [0.717, 1.165) is 25.9 Å². The number of aromatic nitrogens is 1. The van der Waals surface area contributed by atoms with Crippen LogP contribution in [0.4, 0.5) is 10.5 Å². The van der Waals surface area contributed by atoms with Gasteiger partial charge in [0.2, 0.25) is 0 Å². The number of hydrogen-bond donors (Lipinski definition) is 2. The average Bonchev–Trinajstić information content (AvgIpc) is 3.39. The number of carbonyl (C=O) groups excluding carboxylic acids is 1. The number of likely N-dealkylation sites (N-methyl/N-ethyl adjacent to an activating group) is 1. The lowest BCUT2D eigenvalue weighted by Crippen LogP contribution is -2.34. The Bertz CT molecular complexity index is 1010. The summed E-state index contributed by atoms with van der Waals surface area (Å²) in [4.78, 5) is 16.6. The fourth-order valence-electron chi connectivity index (χ4n) is 3.97. The molecule has 30 heavy (non-hydrogen) atoms. The van der Waals surface area contributed by atoms with Crippen LogP contribution in [0.1, 0.15) is 35.4 Å². The number of nitrogens with one attached hydrogen (secondary N) is 2. The highest BCUT2D eigenvalue weighted by Crippen LogP contribution is 2.40. The summed E-state index contributed by atoms with van der Waals surface area (Å²) in [7, 11) is 3.78. The van der Waals surface area contributed by atoms with Crippen LogP contribution in [0, 0.1) is 0 Å². The lowest BCUT2D eigenvalue weighted by molar-refractivity contribution is 0.248. The third-order valence-electron chi connectivity index (χ3n) is 5.50. The summed E-state index contributed by atoms with van der Waals surface area (Å²) in [5.74, 6) is 0.714. The number of carbonyl (C=O) groups is 1. The van der Waals surface area contributed by atoms with Crippen molar-refractivity contribution in [3.05, 3.63) is 64.8 Å². The molecule has 2 amide bonds. The summed E-state index contributed by atoms with van der Waals surface area (Å²) in [6.07, 6.45) is 5.98. The molecule has 3 aromatic rings. The second-order valence-corrected chi connectivity index (χ2v) is 8.68. The van der Waals surface area contributed by atoms with Gasteiger partial charge >= 0.3 is 6.03 Å². The standard InChI is InChI=1S/C23H28N4O2S/c1-4-19(25-23(28)24-16-8-7-9-17(14-16)29-3)21-18-10-13-26(2)15-20(18)30-22(21)27-11-5-6-12-27/h5-9,11-12,14,19H,4,10,13,15H2,1-3H3,(H2,24,25,28)/t19-/m0/s1. The van der Waals surface area contributed by atoms with Gasteiger partial charge in [0.25, 0.3) is 0 Å². The second kappa shape index (κ2) is 8.93. The van der Waals surface area contributed by atoms with Gasteiger partial charge in [0.05, 0.1) is 13.2 Å². The molecule has 6 nitrogen and oxygen atoms in total. The first-order valence-corrected chi connectivity index (χ1v) is 11.1. The monoisotopic (exact) mass is 424 g/mol. The Kier molecular flexibility index (Phi) is 6.11. The van der Waals surface area contributed by atoms with Crippen LogP contribution < -0.4 is 15.4 Å². The maximum atomic E-state index is 12.8. The maximum Gasteiger partial charge on any atom is 0.319 e. The predicted octanol–water partition coefficient (Wildman–Crippen LogP) is 4.81. The minimum Gasteiger partial charge on any atom is -0.497 e. The van der Waals surface area contributed by atoms with Gasteiger partial charge in [-0.05, 0) is 49.7 Å². The number of anilines is 1. The van der Waals surface area contributed by atoms with Crippen LogP contribution in [-0.4, -0.2) is 36.2 Å². The zero-order valence-corrected chi connectivity index (χ0v) is 18.5. The minimum absolute atomic E-state index is 0.0589. The van der Waals surface area contributed by atoms with E-state index in [4.69, 9.17) is 4.74 Å². The zero-order valence-electron chi connectivity index (χ0n) is 17.6. The first kappa shape index (κ1) is 20.5. The Morgan fingerprint density at radius 3 is 2.80 bits per heavy atom. The third kappa shape index (κ3) is 4.22. The van der Waals surface area contributed by atoms with E-state index in [0.29, 0.717) is 11.4 Å². The van der Waals surface area contributed by atoms with Crippen molar-refractivity contribution in [3.8, 4) is 10.8 Å². The summed E-state index contributed by atoms with van der Waals surface area (Å²) >= 11 is 1.84. The molecule has 0 radical (unpaired) electrons. The van der Waals surface area contributed by atoms with Crippen LogP contribution >= 0.6 is 11.3 Å². The molecule has 0 fully saturated rings. The SMILES string of the molecule is CC[C@H](NC(=O)Nc1cccc(OC)c1)c1c(-n2cccc2)sc2c1CCN(C)C2. The molecule has 1 atom stereocenters. The first-order valence-electron chi connectivity index (χ1n) is 10.3. The number of thiophene rings is 1. The van der Waals surface area contributed by atoms with Gasteiger partial charge in [-0.25, -0.2) is 4.79 Å². The lowest BCUT2D eigenvalue weighted by Gasteiger charge is -2.25. The van der Waals surface area contributed by atoms with Gasteiger partial charge < -0.3 is 24.8 Å². The molecule has 158 valence electrons. The fraction of sp³-hybridized carbons (Fsp3) is 0.348. The van der Waals surface area contributed by atoms with E-state index in [9.17, 15) is 4.79 Å². The second-order valence-electron chi connectivity index (χ2n) is 7.59. The summed E-state index contributed by atoms with van der Waals surface area (Å²) in [6.45, 7) is 4.12. The third-order valence-corrected chi connectivity index (χ3v) is 6.74. The average molecular weight is 425 g/mol. The van der Waals surface area contributed by atoms with Crippen molar-refractivity contribution in [2.24, 2.45) is 0 Å². The summed E-state index contributed by atoms with van der Waals surface area (Å²) in [5, 5.41) is 7.35. The number of amides is 2. The highest BCUT2D eigenvalue weighted by molar-refractivity contribution is 7.15. The van der Waals surface area contributed by atoms with E-state index in [-0.39, 0.29) is 12.1 Å². The van der Waals surface area contributed by atoms with Gasteiger partial charge in [0, 0.05) is 47.7 Å². The Morgan fingerprint density at radius 1 is 1.27 bits per heavy atom. The van der Waals surface area contributed by atoms with E-state index in [1.165, 1.54) is 21.0 Å². The van der Waals surface area contributed by atoms with Crippen LogP contribution in [0.15, 0.2) is 48.8 Å². The molecule has 2 aromatic heterocycles. The van der Waals surface area contributed by atoms with Gasteiger partial charge in [-0.2, -0.15) is 0 Å². The molecule has 0 spiro atoms. The predicted molar refractivity (Wildman–Crippen MR) is 122 cm³/mol. The molecular formula is C23H28N4O2S. The molecule has 0 saturated carbocycles. The first-order chi connectivity index (χ1) is 14.6. The molecule has 1 aromatic carbocycles. The van der Waals surface area contributed by atoms with E-state index >= 15 is 0 Å². The van der Waals surface area contributed by atoms with Crippen molar-refractivity contribution in [1.82, 2.24) is 14.8 Å². The normalized spacial score (nSPS) is 14.8. The van der Waals surface area contributed by atoms with E-state index < -0.39 is 0 Å². The summed E-state index contributed by atoms with van der Waals surface area (Å²) in [5.41, 5.74) is 3.36. The quantitative estimate of drug-likeness (QED) is 0.597. The number of fused-ring (bicyclic) bond motifs is 1. The molecule has 7 heteroatoms. The van der Waals surface area contributed by atoms with E-state index in [2.05, 4.69) is 46.5 Å². The molecule has 0 unspecified atom stereocenters. The lowest BCUT2D eigenvalue weighted by atomic mass is 9.96. The van der Waals surface area contributed by atoms with Crippen LogP contribution in [0.5, 0.6) is 5.75 Å². The molecule has 0 bridgehead atoms. The van der Waals surface area contributed by atoms with Crippen molar-refractivity contribution in [2.75, 3.05) is 26.0 Å². The van der Waals surface area contributed by atoms with Crippen LogP contribution in [-0.2, 0) is 13.0 Å². The molecule has 3 heterocycles. The van der Waals surface area contributed by atoms with Crippen molar-refractivity contribution < 1.29 is 9.53 Å². The van der Waals surface area contributed by atoms with Gasteiger partial charge in [-0.3, -0.25) is 0 Å². The summed E-state index contributed by atoms with van der Waals surface area (Å²) < 4.78 is 7.42. The van der Waals surface area contributed by atoms with Gasteiger partial charge in [0.1, 0.15) is 10.8 Å². The van der Waals surface area contributed by atoms with Crippen molar-refractivity contribution in [2.45, 2.75) is 32.4 Å². The minimum atomic E-state index is -0.207. The Hall–Kier alpha value is -2.77. The molecular weight excluding hydrogens is 396 g/mol. The van der Waals surface area contributed by atoms with Gasteiger partial charge in [0.15, 0.2) is 0 Å². The largest absolute Gasteiger partial charge is 0.497 e. The van der Waals surface area contributed by atoms with Crippen molar-refractivity contribution >= 4 is 23.1 Å². The van der Waals surface area contributed by atoms with Crippen LogP contribution in [0.3, 0.4) is 0 Å². The number of benzene rings is 1. The maximum absolute atomic E-state index is 12.8. The molecule has 4 rings (SSSR count). The Balaban J connectivity index is 1.61. The van der Waals surface area contributed by atoms with Crippen LogP contribution in [0.2, 0.25) is 0 Å². The number of ether oxygens (including phenoxy) is 1. The molecule has 0 aliphatic carbocycles. The fourth-order valence-corrected chi connectivity index (χ4v) is 5.42.